The molecule has 0 amide bonds. The largest absolute Gasteiger partial charge is 0.481 e. The summed E-state index contributed by atoms with van der Waals surface area (Å²) in [6.07, 6.45) is 1.05. The third-order valence-corrected chi connectivity index (χ3v) is 5.43. The first-order valence-electron chi connectivity index (χ1n) is 7.12. The van der Waals surface area contributed by atoms with E-state index in [1.807, 2.05) is 30.3 Å². The predicted octanol–water partition coefficient (Wildman–Crippen LogP) is 3.98. The summed E-state index contributed by atoms with van der Waals surface area (Å²) in [5.74, 6) is 0.0562. The minimum absolute atomic E-state index is 0. The summed E-state index contributed by atoms with van der Waals surface area (Å²) in [5.41, 5.74) is 7.22. The fourth-order valence-electron chi connectivity index (χ4n) is 1.98. The fourth-order valence-corrected chi connectivity index (χ4v) is 3.50. The Hall–Kier alpha value is -0.710. The smallest absolute Gasteiger partial charge is 0.307 e. The highest BCUT2D eigenvalue weighted by Crippen LogP contribution is 2.36. The van der Waals surface area contributed by atoms with E-state index in [2.05, 4.69) is 13.8 Å². The number of nitrogens with two attached hydrogens (primary N) is 1. The maximum atomic E-state index is 11.3. The summed E-state index contributed by atoms with van der Waals surface area (Å²) >= 11 is 1.66. The molecule has 21 heavy (non-hydrogen) atoms. The zero-order chi connectivity index (χ0) is 15.1. The van der Waals surface area contributed by atoms with Crippen LogP contribution < -0.4 is 5.73 Å². The van der Waals surface area contributed by atoms with Gasteiger partial charge in [0.1, 0.15) is 0 Å². The first-order valence-corrected chi connectivity index (χ1v) is 8.17. The number of carboxylic acids is 1. The Labute approximate surface area is 138 Å². The van der Waals surface area contributed by atoms with Crippen LogP contribution in [0.4, 0.5) is 0 Å². The average molecular weight is 332 g/mol. The molecule has 0 saturated heterocycles. The van der Waals surface area contributed by atoms with Gasteiger partial charge in [0.05, 0.1) is 5.92 Å². The Balaban J connectivity index is 0.00000400. The normalized spacial score (nSPS) is 16.4. The molecule has 0 heterocycles. The van der Waals surface area contributed by atoms with Crippen LogP contribution >= 0.6 is 24.2 Å². The van der Waals surface area contributed by atoms with E-state index in [1.165, 1.54) is 0 Å². The maximum absolute atomic E-state index is 11.3. The quantitative estimate of drug-likeness (QED) is 0.756. The van der Waals surface area contributed by atoms with Crippen molar-refractivity contribution in [1.82, 2.24) is 0 Å². The summed E-state index contributed by atoms with van der Waals surface area (Å²) < 4.78 is 0. The van der Waals surface area contributed by atoms with E-state index in [1.54, 1.807) is 18.7 Å². The van der Waals surface area contributed by atoms with Gasteiger partial charge in [-0.15, -0.1) is 12.4 Å². The number of carboxylic acid groups (broad SMARTS) is 1. The summed E-state index contributed by atoms with van der Waals surface area (Å²) in [6, 6.07) is 9.94. The van der Waals surface area contributed by atoms with E-state index < -0.39 is 11.9 Å². The van der Waals surface area contributed by atoms with Crippen molar-refractivity contribution in [3.05, 3.63) is 35.9 Å². The van der Waals surface area contributed by atoms with E-state index in [9.17, 15) is 9.90 Å². The molecule has 3 nitrogen and oxygen atoms in total. The molecule has 0 aliphatic rings. The molecule has 1 aromatic rings. The highest BCUT2D eigenvalue weighted by molar-refractivity contribution is 7.99. The number of aliphatic carboxylic acids is 1. The molecule has 5 heteroatoms. The molecule has 0 aliphatic heterocycles. The highest BCUT2D eigenvalue weighted by Gasteiger charge is 2.26. The van der Waals surface area contributed by atoms with Crippen molar-refractivity contribution in [3.63, 3.8) is 0 Å². The van der Waals surface area contributed by atoms with Gasteiger partial charge in [0.15, 0.2) is 0 Å². The van der Waals surface area contributed by atoms with Gasteiger partial charge in [0, 0.05) is 17.0 Å². The standard InChI is InChI=1S/C16H25NO2S.ClH/c1-4-11(2)14(17)10-20-15(12(3)16(18)19)13-8-6-5-7-9-13;/h5-9,11-12,14-15H,4,10,17H2,1-3H3,(H,18,19);1H. The van der Waals surface area contributed by atoms with E-state index in [0.717, 1.165) is 17.7 Å². The first-order chi connectivity index (χ1) is 9.47. The maximum Gasteiger partial charge on any atom is 0.307 e. The number of carbonyl (C=O) groups is 1. The molecule has 0 aliphatic carbocycles. The molecular weight excluding hydrogens is 306 g/mol. The zero-order valence-electron chi connectivity index (χ0n) is 12.9. The number of halogens is 1. The minimum Gasteiger partial charge on any atom is -0.481 e. The molecule has 3 N–H and O–H groups in total. The fraction of sp³-hybridized carbons (Fsp3) is 0.562. The summed E-state index contributed by atoms with van der Waals surface area (Å²) in [5, 5.41) is 9.24. The highest BCUT2D eigenvalue weighted by atomic mass is 35.5. The van der Waals surface area contributed by atoms with Gasteiger partial charge < -0.3 is 10.8 Å². The van der Waals surface area contributed by atoms with Crippen molar-refractivity contribution >= 4 is 30.1 Å². The lowest BCUT2D eigenvalue weighted by atomic mass is 10.0. The van der Waals surface area contributed by atoms with Gasteiger partial charge in [-0.05, 0) is 11.5 Å². The van der Waals surface area contributed by atoms with Gasteiger partial charge >= 0.3 is 5.97 Å². The number of hydrogen-bond acceptors (Lipinski definition) is 3. The van der Waals surface area contributed by atoms with E-state index in [-0.39, 0.29) is 23.7 Å². The molecule has 0 radical (unpaired) electrons. The second-order valence-corrected chi connectivity index (χ2v) is 6.52. The number of rotatable bonds is 8. The van der Waals surface area contributed by atoms with E-state index in [4.69, 9.17) is 5.73 Å². The zero-order valence-corrected chi connectivity index (χ0v) is 14.5. The Bertz CT molecular complexity index is 416. The van der Waals surface area contributed by atoms with Crippen LogP contribution in [0.1, 0.15) is 38.0 Å². The lowest BCUT2D eigenvalue weighted by molar-refractivity contribution is -0.141. The van der Waals surface area contributed by atoms with Gasteiger partial charge in [-0.2, -0.15) is 11.8 Å². The van der Waals surface area contributed by atoms with Gasteiger partial charge in [-0.3, -0.25) is 4.79 Å². The van der Waals surface area contributed by atoms with Crippen molar-refractivity contribution in [2.45, 2.75) is 38.5 Å². The number of thioether (sulfide) groups is 1. The number of hydrogen-bond donors (Lipinski definition) is 2. The van der Waals surface area contributed by atoms with Crippen LogP contribution in [0, 0.1) is 11.8 Å². The van der Waals surface area contributed by atoms with E-state index >= 15 is 0 Å². The van der Waals surface area contributed by atoms with Crippen LogP contribution in [0.25, 0.3) is 0 Å². The van der Waals surface area contributed by atoms with Crippen molar-refractivity contribution in [3.8, 4) is 0 Å². The third-order valence-electron chi connectivity index (χ3n) is 3.81. The SMILES string of the molecule is CCC(C)C(N)CSC(c1ccccc1)C(C)C(=O)O.Cl. The third kappa shape index (κ3) is 6.29. The molecule has 0 fully saturated rings. The van der Waals surface area contributed by atoms with Crippen molar-refractivity contribution < 1.29 is 9.90 Å². The molecule has 4 atom stereocenters. The van der Waals surface area contributed by atoms with Crippen LogP contribution in [0.15, 0.2) is 30.3 Å². The van der Waals surface area contributed by atoms with Gasteiger partial charge in [-0.25, -0.2) is 0 Å². The van der Waals surface area contributed by atoms with Crippen LogP contribution in [-0.2, 0) is 4.79 Å². The lowest BCUT2D eigenvalue weighted by Crippen LogP contribution is -2.31. The summed E-state index contributed by atoms with van der Waals surface area (Å²) in [6.45, 7) is 6.04. The Morgan fingerprint density at radius 2 is 1.86 bits per heavy atom. The van der Waals surface area contributed by atoms with Gasteiger partial charge in [-0.1, -0.05) is 57.5 Å². The predicted molar refractivity (Wildman–Crippen MR) is 93.1 cm³/mol. The first kappa shape index (κ1) is 20.3. The molecule has 4 unspecified atom stereocenters. The molecular formula is C16H26ClNO2S. The second kappa shape index (κ2) is 10.1. The molecule has 0 bridgehead atoms. The van der Waals surface area contributed by atoms with Crippen molar-refractivity contribution in [2.24, 2.45) is 17.6 Å². The summed E-state index contributed by atoms with van der Waals surface area (Å²) in [7, 11) is 0. The molecule has 1 rings (SSSR count). The molecule has 0 saturated carbocycles. The molecule has 120 valence electrons. The Morgan fingerprint density at radius 3 is 2.33 bits per heavy atom. The van der Waals surface area contributed by atoms with Gasteiger partial charge in [0.25, 0.3) is 0 Å². The minimum atomic E-state index is -0.761. The average Bonchev–Trinajstić information content (AvgIpc) is 2.47. The Kier molecular flexibility index (Phi) is 9.75. The summed E-state index contributed by atoms with van der Waals surface area (Å²) in [4.78, 5) is 11.3. The van der Waals surface area contributed by atoms with Crippen LogP contribution in [0.3, 0.4) is 0 Å². The molecule has 1 aromatic carbocycles. The number of benzene rings is 1. The van der Waals surface area contributed by atoms with Crippen LogP contribution in [0.5, 0.6) is 0 Å². The van der Waals surface area contributed by atoms with Gasteiger partial charge in [0.2, 0.25) is 0 Å². The van der Waals surface area contributed by atoms with E-state index in [0.29, 0.717) is 5.92 Å². The van der Waals surface area contributed by atoms with Crippen molar-refractivity contribution in [2.75, 3.05) is 5.75 Å². The van der Waals surface area contributed by atoms with Crippen LogP contribution in [-0.4, -0.2) is 22.9 Å². The second-order valence-electron chi connectivity index (χ2n) is 5.34. The molecule has 0 aromatic heterocycles. The topological polar surface area (TPSA) is 63.3 Å². The van der Waals surface area contributed by atoms with Crippen molar-refractivity contribution in [1.29, 1.82) is 0 Å². The lowest BCUT2D eigenvalue weighted by Gasteiger charge is -2.24. The van der Waals surface area contributed by atoms with Crippen LogP contribution in [0.2, 0.25) is 0 Å². The Morgan fingerprint density at radius 1 is 1.29 bits per heavy atom. The molecule has 0 spiro atoms. The monoisotopic (exact) mass is 331 g/mol.